The van der Waals surface area contributed by atoms with Crippen molar-refractivity contribution in [1.29, 1.82) is 0 Å². The van der Waals surface area contributed by atoms with Crippen molar-refractivity contribution in [3.8, 4) is 0 Å². The minimum absolute atomic E-state index is 0.144. The van der Waals surface area contributed by atoms with Gasteiger partial charge in [0.05, 0.1) is 6.54 Å². The molecule has 11 heavy (non-hydrogen) atoms. The van der Waals surface area contributed by atoms with E-state index in [0.717, 1.165) is 0 Å². The van der Waals surface area contributed by atoms with Crippen LogP contribution in [0, 0.1) is 5.92 Å². The Morgan fingerprint density at radius 1 is 1.55 bits per heavy atom. The second-order valence-electron chi connectivity index (χ2n) is 2.64. The molecule has 0 unspecified atom stereocenters. The zero-order chi connectivity index (χ0) is 8.91. The van der Waals surface area contributed by atoms with Gasteiger partial charge in [-0.3, -0.25) is 0 Å². The fourth-order valence-corrected chi connectivity index (χ4v) is 0.539. The van der Waals surface area contributed by atoms with Crippen LogP contribution in [0.2, 0.25) is 0 Å². The molecule has 4 heteroatoms. The van der Waals surface area contributed by atoms with Crippen molar-refractivity contribution in [2.45, 2.75) is 26.2 Å². The Morgan fingerprint density at radius 3 is 2.45 bits per heavy atom. The number of hydrogen-bond acceptors (Lipinski definition) is 2. The molecule has 0 aromatic rings. The maximum Gasteiger partial charge on any atom is 0.252 e. The van der Waals surface area contributed by atoms with E-state index in [-0.39, 0.29) is 13.0 Å². The van der Waals surface area contributed by atoms with Gasteiger partial charge in [0, 0.05) is 12.3 Å². The summed E-state index contributed by atoms with van der Waals surface area (Å²) < 4.78 is 25.4. The Hall–Kier alpha value is -0.760. The van der Waals surface area contributed by atoms with Crippen LogP contribution < -0.4 is 0 Å². The van der Waals surface area contributed by atoms with Gasteiger partial charge in [0.1, 0.15) is 0 Å². The molecule has 0 fully saturated rings. The molecule has 0 saturated heterocycles. The maximum atomic E-state index is 12.7. The SMILES string of the molecule is CC(C)C(F)(F)CCN=C=O. The smallest absolute Gasteiger partial charge is 0.211 e. The standard InChI is InChI=1S/C7H11F2NO/c1-6(2)7(8,9)3-4-10-5-11/h6H,3-4H2,1-2H3. The third-order valence-electron chi connectivity index (χ3n) is 1.47. The summed E-state index contributed by atoms with van der Waals surface area (Å²) in [7, 11) is 0. The van der Waals surface area contributed by atoms with E-state index in [4.69, 9.17) is 0 Å². The maximum absolute atomic E-state index is 12.7. The summed E-state index contributed by atoms with van der Waals surface area (Å²) in [6.07, 6.45) is 0.846. The molecule has 0 heterocycles. The highest BCUT2D eigenvalue weighted by molar-refractivity contribution is 5.32. The number of carbonyl (C=O) groups excluding carboxylic acids is 1. The predicted molar refractivity (Wildman–Crippen MR) is 37.4 cm³/mol. The predicted octanol–water partition coefficient (Wildman–Crippen LogP) is 2.00. The van der Waals surface area contributed by atoms with Crippen molar-refractivity contribution in [3.05, 3.63) is 0 Å². The Morgan fingerprint density at radius 2 is 2.09 bits per heavy atom. The molecule has 0 aromatic carbocycles. The number of aliphatic imine (C=N–C) groups is 1. The summed E-state index contributed by atoms with van der Waals surface area (Å²) in [6.45, 7) is 2.73. The van der Waals surface area contributed by atoms with E-state index in [1.807, 2.05) is 0 Å². The third-order valence-corrected chi connectivity index (χ3v) is 1.47. The van der Waals surface area contributed by atoms with Gasteiger partial charge in [0.15, 0.2) is 0 Å². The Kier molecular flexibility index (Phi) is 3.90. The molecule has 0 atom stereocenters. The van der Waals surface area contributed by atoms with E-state index in [9.17, 15) is 13.6 Å². The summed E-state index contributed by atoms with van der Waals surface area (Å²) in [5.41, 5.74) is 0. The molecular weight excluding hydrogens is 152 g/mol. The highest BCUT2D eigenvalue weighted by Gasteiger charge is 2.32. The number of alkyl halides is 2. The Labute approximate surface area is 64.3 Å². The molecular formula is C7H11F2NO. The average molecular weight is 163 g/mol. The van der Waals surface area contributed by atoms with Gasteiger partial charge in [-0.25, -0.2) is 18.6 Å². The highest BCUT2D eigenvalue weighted by atomic mass is 19.3. The van der Waals surface area contributed by atoms with Crippen LogP contribution in [-0.4, -0.2) is 18.5 Å². The third kappa shape index (κ3) is 3.83. The first-order valence-electron chi connectivity index (χ1n) is 3.42. The molecule has 0 aliphatic carbocycles. The first-order chi connectivity index (χ1) is 5.00. The highest BCUT2D eigenvalue weighted by Crippen LogP contribution is 2.27. The van der Waals surface area contributed by atoms with E-state index in [1.54, 1.807) is 0 Å². The average Bonchev–Trinajstić information content (AvgIpc) is 1.88. The largest absolute Gasteiger partial charge is 0.252 e. The number of halogens is 2. The quantitative estimate of drug-likeness (QED) is 0.460. The molecule has 0 saturated carbocycles. The minimum atomic E-state index is -2.72. The fourth-order valence-electron chi connectivity index (χ4n) is 0.539. The summed E-state index contributed by atoms with van der Waals surface area (Å²) >= 11 is 0. The lowest BCUT2D eigenvalue weighted by Crippen LogP contribution is -2.24. The van der Waals surface area contributed by atoms with E-state index in [1.165, 1.54) is 19.9 Å². The molecule has 0 radical (unpaired) electrons. The van der Waals surface area contributed by atoms with Crippen LogP contribution in [0.15, 0.2) is 4.99 Å². The van der Waals surface area contributed by atoms with Crippen LogP contribution in [0.4, 0.5) is 8.78 Å². The monoisotopic (exact) mass is 163 g/mol. The Bertz CT molecular complexity index is 162. The molecule has 0 aromatic heterocycles. The van der Waals surface area contributed by atoms with Gasteiger partial charge in [-0.15, -0.1) is 0 Å². The van der Waals surface area contributed by atoms with E-state index in [0.29, 0.717) is 0 Å². The second-order valence-corrected chi connectivity index (χ2v) is 2.64. The zero-order valence-electron chi connectivity index (χ0n) is 6.60. The van der Waals surface area contributed by atoms with Gasteiger partial charge in [-0.1, -0.05) is 13.8 Å². The first-order valence-corrected chi connectivity index (χ1v) is 3.42. The number of rotatable bonds is 4. The summed E-state index contributed by atoms with van der Waals surface area (Å²) in [6, 6.07) is 0. The number of hydrogen-bond donors (Lipinski definition) is 0. The topological polar surface area (TPSA) is 29.4 Å². The van der Waals surface area contributed by atoms with Gasteiger partial charge in [0.25, 0.3) is 5.92 Å². The van der Waals surface area contributed by atoms with Crippen molar-refractivity contribution in [2.75, 3.05) is 6.54 Å². The van der Waals surface area contributed by atoms with Gasteiger partial charge in [-0.05, 0) is 0 Å². The van der Waals surface area contributed by atoms with Crippen LogP contribution in [0.5, 0.6) is 0 Å². The molecule has 0 bridgehead atoms. The number of isocyanates is 1. The summed E-state index contributed by atoms with van der Waals surface area (Å²) in [4.78, 5) is 12.6. The van der Waals surface area contributed by atoms with E-state index >= 15 is 0 Å². The van der Waals surface area contributed by atoms with Crippen molar-refractivity contribution in [2.24, 2.45) is 10.9 Å². The molecule has 0 N–H and O–H groups in total. The second kappa shape index (κ2) is 4.19. The summed E-state index contributed by atoms with van der Waals surface area (Å²) in [5, 5.41) is 0. The lowest BCUT2D eigenvalue weighted by Gasteiger charge is -2.18. The van der Waals surface area contributed by atoms with Crippen molar-refractivity contribution in [1.82, 2.24) is 0 Å². The van der Waals surface area contributed by atoms with Crippen LogP contribution in [0.3, 0.4) is 0 Å². The van der Waals surface area contributed by atoms with Crippen molar-refractivity contribution < 1.29 is 13.6 Å². The zero-order valence-corrected chi connectivity index (χ0v) is 6.60. The Balaban J connectivity index is 3.81. The molecule has 0 aliphatic heterocycles. The molecule has 64 valence electrons. The minimum Gasteiger partial charge on any atom is -0.211 e. The fraction of sp³-hybridized carbons (Fsp3) is 0.857. The lowest BCUT2D eigenvalue weighted by atomic mass is 10.0. The summed E-state index contributed by atoms with van der Waals surface area (Å²) in [5.74, 6) is -3.43. The van der Waals surface area contributed by atoms with Crippen molar-refractivity contribution in [3.63, 3.8) is 0 Å². The van der Waals surface area contributed by atoms with Gasteiger partial charge in [-0.2, -0.15) is 0 Å². The normalized spacial score (nSPS) is 11.4. The first kappa shape index (κ1) is 10.2. The van der Waals surface area contributed by atoms with Crippen molar-refractivity contribution >= 4 is 6.08 Å². The molecule has 0 spiro atoms. The molecule has 2 nitrogen and oxygen atoms in total. The van der Waals surface area contributed by atoms with Crippen LogP contribution in [-0.2, 0) is 4.79 Å². The molecule has 0 aliphatic rings. The van der Waals surface area contributed by atoms with E-state index < -0.39 is 11.8 Å². The van der Waals surface area contributed by atoms with Crippen LogP contribution >= 0.6 is 0 Å². The number of nitrogens with zero attached hydrogens (tertiary/aromatic N) is 1. The lowest BCUT2D eigenvalue weighted by molar-refractivity contribution is -0.0496. The van der Waals surface area contributed by atoms with Gasteiger partial charge >= 0.3 is 0 Å². The van der Waals surface area contributed by atoms with E-state index in [2.05, 4.69) is 4.99 Å². The molecule has 0 rings (SSSR count). The van der Waals surface area contributed by atoms with Gasteiger partial charge < -0.3 is 0 Å². The molecule has 0 amide bonds. The van der Waals surface area contributed by atoms with Gasteiger partial charge in [0.2, 0.25) is 6.08 Å². The van der Waals surface area contributed by atoms with Crippen LogP contribution in [0.1, 0.15) is 20.3 Å². The van der Waals surface area contributed by atoms with Crippen LogP contribution in [0.25, 0.3) is 0 Å².